The molecule has 2 unspecified atom stereocenters. The molecule has 0 saturated carbocycles. The Morgan fingerprint density at radius 2 is 1.90 bits per heavy atom. The van der Waals surface area contributed by atoms with Crippen LogP contribution in [-0.4, -0.2) is 12.3 Å². The zero-order valence-corrected chi connectivity index (χ0v) is 12.4. The van der Waals surface area contributed by atoms with E-state index in [0.29, 0.717) is 0 Å². The van der Waals surface area contributed by atoms with Crippen LogP contribution in [0.25, 0.3) is 0 Å². The summed E-state index contributed by atoms with van der Waals surface area (Å²) in [6, 6.07) is 13.9. The molecule has 0 aliphatic heterocycles. The molecule has 2 aromatic rings. The van der Waals surface area contributed by atoms with E-state index in [-0.39, 0.29) is 18.0 Å². The molecular weight excluding hydrogens is 273 g/mol. The van der Waals surface area contributed by atoms with Gasteiger partial charge in [-0.05, 0) is 43.0 Å². The largest absolute Gasteiger partial charge is 0.483 e. The lowest BCUT2D eigenvalue weighted by atomic mass is 10.0. The van der Waals surface area contributed by atoms with Crippen LogP contribution in [0.2, 0.25) is 0 Å². The van der Waals surface area contributed by atoms with Crippen molar-refractivity contribution in [3.05, 3.63) is 59.9 Å². The van der Waals surface area contributed by atoms with E-state index in [9.17, 15) is 4.39 Å². The fourth-order valence-electron chi connectivity index (χ4n) is 2.02. The first-order chi connectivity index (χ1) is 9.61. The molecule has 0 spiro atoms. The van der Waals surface area contributed by atoms with Gasteiger partial charge in [-0.25, -0.2) is 4.39 Å². The molecule has 0 heterocycles. The molecule has 0 radical (unpaired) electrons. The summed E-state index contributed by atoms with van der Waals surface area (Å²) in [6.07, 6.45) is 1.62. The van der Waals surface area contributed by atoms with E-state index < -0.39 is 0 Å². The van der Waals surface area contributed by atoms with E-state index in [1.54, 1.807) is 17.8 Å². The lowest BCUT2D eigenvalue weighted by molar-refractivity contribution is 0.175. The summed E-state index contributed by atoms with van der Waals surface area (Å²) in [5.74, 6) is 0.487. The van der Waals surface area contributed by atoms with Crippen LogP contribution in [0.3, 0.4) is 0 Å². The van der Waals surface area contributed by atoms with Crippen LogP contribution in [0.1, 0.15) is 18.6 Å². The Morgan fingerprint density at radius 3 is 2.55 bits per heavy atom. The number of nitrogens with two attached hydrogens (primary N) is 1. The highest BCUT2D eigenvalue weighted by Crippen LogP contribution is 2.32. The minimum absolute atomic E-state index is 0.244. The van der Waals surface area contributed by atoms with E-state index in [1.807, 2.05) is 43.5 Å². The van der Waals surface area contributed by atoms with Crippen molar-refractivity contribution >= 4 is 11.8 Å². The van der Waals surface area contributed by atoms with Gasteiger partial charge in [0.1, 0.15) is 17.7 Å². The Bertz CT molecular complexity index is 574. The fraction of sp³-hybridized carbons (Fsp3) is 0.250. The smallest absolute Gasteiger partial charge is 0.139 e. The molecule has 2 aromatic carbocycles. The summed E-state index contributed by atoms with van der Waals surface area (Å²) in [5, 5.41) is 0. The Hall–Kier alpha value is -1.52. The highest BCUT2D eigenvalue weighted by atomic mass is 32.2. The third kappa shape index (κ3) is 3.52. The van der Waals surface area contributed by atoms with Gasteiger partial charge in [0.15, 0.2) is 0 Å². The van der Waals surface area contributed by atoms with E-state index in [1.165, 1.54) is 12.1 Å². The lowest BCUT2D eigenvalue weighted by Gasteiger charge is -2.24. The Labute approximate surface area is 123 Å². The number of rotatable bonds is 5. The van der Waals surface area contributed by atoms with Gasteiger partial charge in [-0.1, -0.05) is 24.3 Å². The van der Waals surface area contributed by atoms with Crippen molar-refractivity contribution in [2.75, 3.05) is 6.26 Å². The van der Waals surface area contributed by atoms with Gasteiger partial charge in [-0.2, -0.15) is 0 Å². The second-order valence-corrected chi connectivity index (χ2v) is 5.45. The Morgan fingerprint density at radius 1 is 1.15 bits per heavy atom. The molecule has 0 aromatic heterocycles. The number of para-hydroxylation sites is 1. The van der Waals surface area contributed by atoms with Gasteiger partial charge in [0.05, 0.1) is 0 Å². The first kappa shape index (κ1) is 14.9. The number of hydrogen-bond acceptors (Lipinski definition) is 3. The van der Waals surface area contributed by atoms with Crippen LogP contribution in [-0.2, 0) is 0 Å². The highest BCUT2D eigenvalue weighted by molar-refractivity contribution is 7.98. The fourth-order valence-corrected chi connectivity index (χ4v) is 2.55. The minimum atomic E-state index is -0.376. The van der Waals surface area contributed by atoms with Crippen molar-refractivity contribution in [1.29, 1.82) is 0 Å². The van der Waals surface area contributed by atoms with Crippen LogP contribution in [0.15, 0.2) is 53.4 Å². The number of ether oxygens (including phenoxy) is 1. The molecule has 4 heteroatoms. The summed E-state index contributed by atoms with van der Waals surface area (Å²) >= 11 is 1.61. The zero-order chi connectivity index (χ0) is 14.5. The molecule has 106 valence electrons. The maximum Gasteiger partial charge on any atom is 0.139 e. The second-order valence-electron chi connectivity index (χ2n) is 4.60. The summed E-state index contributed by atoms with van der Waals surface area (Å²) in [5.41, 5.74) is 6.75. The van der Waals surface area contributed by atoms with Crippen molar-refractivity contribution in [1.82, 2.24) is 0 Å². The molecule has 2 N–H and O–H groups in total. The minimum Gasteiger partial charge on any atom is -0.483 e. The topological polar surface area (TPSA) is 35.2 Å². The summed E-state index contributed by atoms with van der Waals surface area (Å²) in [7, 11) is 0. The van der Waals surface area contributed by atoms with Gasteiger partial charge in [-0.15, -0.1) is 11.8 Å². The molecule has 0 aliphatic carbocycles. The number of halogens is 1. The maximum atomic E-state index is 13.4. The molecule has 0 bridgehead atoms. The Balaban J connectivity index is 2.31. The zero-order valence-electron chi connectivity index (χ0n) is 11.5. The monoisotopic (exact) mass is 291 g/mol. The standard InChI is InChI=1S/C16H18FNOS/c1-11(18)16(12-6-5-7-13(17)10-12)19-14-8-3-4-9-15(14)20-2/h3-11,16H,18H2,1-2H3. The highest BCUT2D eigenvalue weighted by Gasteiger charge is 2.19. The van der Waals surface area contributed by atoms with Crippen molar-refractivity contribution in [2.45, 2.75) is 24.0 Å². The number of hydrogen-bond donors (Lipinski definition) is 1. The van der Waals surface area contributed by atoms with E-state index in [2.05, 4.69) is 0 Å². The lowest BCUT2D eigenvalue weighted by Crippen LogP contribution is -2.29. The molecule has 20 heavy (non-hydrogen) atoms. The first-order valence-corrected chi connectivity index (χ1v) is 7.65. The van der Waals surface area contributed by atoms with Crippen LogP contribution in [0, 0.1) is 5.82 Å². The van der Waals surface area contributed by atoms with Gasteiger partial charge in [-0.3, -0.25) is 0 Å². The van der Waals surface area contributed by atoms with Crippen molar-refractivity contribution in [3.8, 4) is 5.75 Å². The summed E-state index contributed by atoms with van der Waals surface area (Å²) in [6.45, 7) is 1.86. The van der Waals surface area contributed by atoms with Crippen LogP contribution < -0.4 is 10.5 Å². The molecule has 2 atom stereocenters. The second kappa shape index (κ2) is 6.77. The van der Waals surface area contributed by atoms with E-state index in [4.69, 9.17) is 10.5 Å². The average molecular weight is 291 g/mol. The molecule has 0 saturated heterocycles. The molecule has 2 rings (SSSR count). The molecule has 0 aliphatic rings. The SMILES string of the molecule is CSc1ccccc1OC(c1cccc(F)c1)C(C)N. The Kier molecular flexibility index (Phi) is 5.04. The average Bonchev–Trinajstić information content (AvgIpc) is 2.44. The predicted octanol–water partition coefficient (Wildman–Crippen LogP) is 4.01. The van der Waals surface area contributed by atoms with E-state index in [0.717, 1.165) is 16.2 Å². The molecule has 0 amide bonds. The normalized spacial score (nSPS) is 13.8. The van der Waals surface area contributed by atoms with Crippen molar-refractivity contribution in [3.63, 3.8) is 0 Å². The van der Waals surface area contributed by atoms with Crippen LogP contribution in [0.4, 0.5) is 4.39 Å². The predicted molar refractivity (Wildman–Crippen MR) is 81.6 cm³/mol. The van der Waals surface area contributed by atoms with Crippen molar-refractivity contribution < 1.29 is 9.13 Å². The van der Waals surface area contributed by atoms with Gasteiger partial charge in [0.2, 0.25) is 0 Å². The number of benzene rings is 2. The quantitative estimate of drug-likeness (QED) is 0.845. The maximum absolute atomic E-state index is 13.4. The first-order valence-electron chi connectivity index (χ1n) is 6.42. The molecular formula is C16H18FNOS. The van der Waals surface area contributed by atoms with Gasteiger partial charge in [0, 0.05) is 10.9 Å². The molecule has 2 nitrogen and oxygen atoms in total. The summed E-state index contributed by atoms with van der Waals surface area (Å²) < 4.78 is 19.4. The van der Waals surface area contributed by atoms with Crippen molar-refractivity contribution in [2.24, 2.45) is 5.73 Å². The van der Waals surface area contributed by atoms with Crippen LogP contribution >= 0.6 is 11.8 Å². The van der Waals surface area contributed by atoms with Gasteiger partial charge in [0.25, 0.3) is 0 Å². The third-order valence-corrected chi connectivity index (χ3v) is 3.75. The summed E-state index contributed by atoms with van der Waals surface area (Å²) in [4.78, 5) is 1.04. The number of thioether (sulfide) groups is 1. The van der Waals surface area contributed by atoms with Crippen LogP contribution in [0.5, 0.6) is 5.75 Å². The third-order valence-electron chi connectivity index (χ3n) is 2.98. The van der Waals surface area contributed by atoms with E-state index >= 15 is 0 Å². The van der Waals surface area contributed by atoms with Gasteiger partial charge < -0.3 is 10.5 Å². The van der Waals surface area contributed by atoms with Gasteiger partial charge >= 0.3 is 0 Å². The molecule has 0 fully saturated rings.